The molecule has 2 aromatic rings. The van der Waals surface area contributed by atoms with E-state index in [2.05, 4.69) is 10.3 Å². The van der Waals surface area contributed by atoms with Crippen molar-refractivity contribution in [3.8, 4) is 0 Å². The number of aryl methyl sites for hydroxylation is 1. The van der Waals surface area contributed by atoms with Gasteiger partial charge in [-0.05, 0) is 45.4 Å². The number of alkyl halides is 3. The number of hydrogen-bond donors (Lipinski definition) is 0. The van der Waals surface area contributed by atoms with Crippen molar-refractivity contribution in [2.24, 2.45) is 0 Å². The minimum absolute atomic E-state index is 0.179. The summed E-state index contributed by atoms with van der Waals surface area (Å²) in [5.41, 5.74) is 0.702. The Labute approximate surface area is 154 Å². The molecule has 1 amide bonds. The van der Waals surface area contributed by atoms with Crippen molar-refractivity contribution in [3.63, 3.8) is 0 Å². The third-order valence-electron chi connectivity index (χ3n) is 5.36. The molecule has 3 heterocycles. The zero-order chi connectivity index (χ0) is 19.2. The third-order valence-corrected chi connectivity index (χ3v) is 5.36. The van der Waals surface area contributed by atoms with Crippen LogP contribution in [0.25, 0.3) is 0 Å². The Morgan fingerprint density at radius 2 is 2.07 bits per heavy atom. The van der Waals surface area contributed by atoms with E-state index in [0.717, 1.165) is 31.4 Å². The van der Waals surface area contributed by atoms with Crippen molar-refractivity contribution in [2.45, 2.75) is 64.2 Å². The van der Waals surface area contributed by atoms with E-state index in [1.54, 1.807) is 11.0 Å². The summed E-state index contributed by atoms with van der Waals surface area (Å²) in [6.07, 6.45) is -0.503. The zero-order valence-corrected chi connectivity index (χ0v) is 15.1. The summed E-state index contributed by atoms with van der Waals surface area (Å²) in [5.74, 6) is 0.382. The van der Waals surface area contributed by atoms with Gasteiger partial charge in [-0.25, -0.2) is 0 Å². The number of rotatable bonds is 3. The van der Waals surface area contributed by atoms with Gasteiger partial charge in [-0.2, -0.15) is 18.3 Å². The molecule has 9 heteroatoms. The van der Waals surface area contributed by atoms with Crippen molar-refractivity contribution >= 4 is 5.91 Å². The topological polar surface area (TPSA) is 64.2 Å². The molecule has 2 aliphatic rings. The van der Waals surface area contributed by atoms with E-state index in [1.165, 1.54) is 4.68 Å². The fourth-order valence-electron chi connectivity index (χ4n) is 4.15. The van der Waals surface area contributed by atoms with Crippen molar-refractivity contribution in [1.29, 1.82) is 0 Å². The first-order valence-corrected chi connectivity index (χ1v) is 9.23. The van der Waals surface area contributed by atoms with E-state index in [4.69, 9.17) is 4.52 Å². The molecule has 0 spiro atoms. The third kappa shape index (κ3) is 3.35. The summed E-state index contributed by atoms with van der Waals surface area (Å²) in [6.45, 7) is 2.18. The maximum atomic E-state index is 13.3. The SMILES string of the molecule is Cc1cc(C2CCCN2C(=O)Cn2nc(C(F)(F)F)c3c2CCCC3)on1. The first-order chi connectivity index (χ1) is 12.8. The lowest BCUT2D eigenvalue weighted by Gasteiger charge is -2.23. The molecular formula is C18H21F3N4O2. The summed E-state index contributed by atoms with van der Waals surface area (Å²) in [6, 6.07) is 1.58. The number of halogens is 3. The molecule has 1 atom stereocenters. The van der Waals surface area contributed by atoms with Crippen LogP contribution >= 0.6 is 0 Å². The molecule has 146 valence electrons. The number of aromatic nitrogens is 3. The zero-order valence-electron chi connectivity index (χ0n) is 15.1. The molecule has 0 bridgehead atoms. The molecule has 1 aliphatic carbocycles. The predicted octanol–water partition coefficient (Wildman–Crippen LogP) is 3.44. The van der Waals surface area contributed by atoms with E-state index in [0.29, 0.717) is 30.8 Å². The van der Waals surface area contributed by atoms with Gasteiger partial charge in [-0.15, -0.1) is 0 Å². The molecule has 1 fully saturated rings. The van der Waals surface area contributed by atoms with Gasteiger partial charge in [0.25, 0.3) is 0 Å². The van der Waals surface area contributed by atoms with Crippen LogP contribution in [-0.2, 0) is 30.4 Å². The van der Waals surface area contributed by atoms with Gasteiger partial charge in [-0.3, -0.25) is 9.48 Å². The first-order valence-electron chi connectivity index (χ1n) is 9.23. The van der Waals surface area contributed by atoms with Crippen LogP contribution in [0.1, 0.15) is 60.1 Å². The Hall–Kier alpha value is -2.32. The molecular weight excluding hydrogens is 361 g/mol. The van der Waals surface area contributed by atoms with E-state index >= 15 is 0 Å². The van der Waals surface area contributed by atoms with Crippen molar-refractivity contribution in [2.75, 3.05) is 6.54 Å². The molecule has 27 heavy (non-hydrogen) atoms. The van der Waals surface area contributed by atoms with Gasteiger partial charge >= 0.3 is 6.18 Å². The monoisotopic (exact) mass is 382 g/mol. The molecule has 1 aliphatic heterocycles. The second-order valence-electron chi connectivity index (χ2n) is 7.25. The Morgan fingerprint density at radius 3 is 2.78 bits per heavy atom. The highest BCUT2D eigenvalue weighted by Crippen LogP contribution is 2.36. The minimum atomic E-state index is -4.50. The average molecular weight is 382 g/mol. The van der Waals surface area contributed by atoms with Crippen molar-refractivity contribution in [1.82, 2.24) is 19.8 Å². The summed E-state index contributed by atoms with van der Waals surface area (Å²) >= 11 is 0. The summed E-state index contributed by atoms with van der Waals surface area (Å²) in [4.78, 5) is 14.5. The minimum Gasteiger partial charge on any atom is -0.359 e. The van der Waals surface area contributed by atoms with Crippen LogP contribution in [0, 0.1) is 6.92 Å². The second kappa shape index (κ2) is 6.69. The highest BCUT2D eigenvalue weighted by Gasteiger charge is 2.40. The Morgan fingerprint density at radius 1 is 1.30 bits per heavy atom. The number of nitrogens with zero attached hydrogens (tertiary/aromatic N) is 4. The normalized spacial score (nSPS) is 20.1. The summed E-state index contributed by atoms with van der Waals surface area (Å²) in [7, 11) is 0. The Bertz CT molecular complexity index is 855. The lowest BCUT2D eigenvalue weighted by Crippen LogP contribution is -2.34. The van der Waals surface area contributed by atoms with Crippen LogP contribution in [0.15, 0.2) is 10.6 Å². The first kappa shape index (κ1) is 18.1. The summed E-state index contributed by atoms with van der Waals surface area (Å²) in [5, 5.41) is 7.66. The van der Waals surface area contributed by atoms with E-state index in [-0.39, 0.29) is 24.1 Å². The highest BCUT2D eigenvalue weighted by atomic mass is 19.4. The second-order valence-corrected chi connectivity index (χ2v) is 7.25. The van der Waals surface area contributed by atoms with Gasteiger partial charge < -0.3 is 9.42 Å². The number of carbonyl (C=O) groups is 1. The van der Waals surface area contributed by atoms with Crippen molar-refractivity contribution < 1.29 is 22.5 Å². The van der Waals surface area contributed by atoms with Gasteiger partial charge in [0, 0.05) is 23.9 Å². The lowest BCUT2D eigenvalue weighted by atomic mass is 9.95. The van der Waals surface area contributed by atoms with Gasteiger partial charge in [-0.1, -0.05) is 5.16 Å². The lowest BCUT2D eigenvalue weighted by molar-refractivity contribution is -0.142. The van der Waals surface area contributed by atoms with Gasteiger partial charge in [0.1, 0.15) is 6.54 Å². The quantitative estimate of drug-likeness (QED) is 0.816. The predicted molar refractivity (Wildman–Crippen MR) is 88.8 cm³/mol. The molecule has 0 saturated carbocycles. The van der Waals surface area contributed by atoms with Gasteiger partial charge in [0.05, 0.1) is 11.7 Å². The molecule has 0 aromatic carbocycles. The number of carbonyl (C=O) groups excluding carboxylic acids is 1. The number of fused-ring (bicyclic) bond motifs is 1. The molecule has 0 radical (unpaired) electrons. The molecule has 1 saturated heterocycles. The molecule has 2 aromatic heterocycles. The number of likely N-dealkylation sites (tertiary alicyclic amines) is 1. The standard InChI is InChI=1S/C18H21F3N4O2/c1-11-9-15(27-23-11)14-7-4-8-24(14)16(26)10-25-13-6-3-2-5-12(13)17(22-25)18(19,20)21/h9,14H,2-8,10H2,1H3. The van der Waals surface area contributed by atoms with Crippen LogP contribution < -0.4 is 0 Å². The van der Waals surface area contributed by atoms with Gasteiger partial charge in [0.15, 0.2) is 11.5 Å². The van der Waals surface area contributed by atoms with Crippen LogP contribution in [0.4, 0.5) is 13.2 Å². The van der Waals surface area contributed by atoms with E-state index < -0.39 is 11.9 Å². The average Bonchev–Trinajstić information content (AvgIpc) is 3.32. The maximum Gasteiger partial charge on any atom is 0.435 e. The van der Waals surface area contributed by atoms with Crippen LogP contribution in [-0.4, -0.2) is 32.3 Å². The fourth-order valence-corrected chi connectivity index (χ4v) is 4.15. The number of hydrogen-bond acceptors (Lipinski definition) is 4. The van der Waals surface area contributed by atoms with Crippen molar-refractivity contribution in [3.05, 3.63) is 34.5 Å². The Kier molecular flexibility index (Phi) is 4.47. The Balaban J connectivity index is 1.58. The fraction of sp³-hybridized carbons (Fsp3) is 0.611. The van der Waals surface area contributed by atoms with Crippen LogP contribution in [0.5, 0.6) is 0 Å². The summed E-state index contributed by atoms with van der Waals surface area (Å²) < 4.78 is 46.5. The maximum absolute atomic E-state index is 13.3. The molecule has 6 nitrogen and oxygen atoms in total. The molecule has 4 rings (SSSR count). The van der Waals surface area contributed by atoms with Crippen LogP contribution in [0.3, 0.4) is 0 Å². The van der Waals surface area contributed by atoms with E-state index in [9.17, 15) is 18.0 Å². The highest BCUT2D eigenvalue weighted by molar-refractivity contribution is 5.77. The van der Waals surface area contributed by atoms with Gasteiger partial charge in [0.2, 0.25) is 5.91 Å². The van der Waals surface area contributed by atoms with Crippen LogP contribution in [0.2, 0.25) is 0 Å². The molecule has 0 N–H and O–H groups in total. The smallest absolute Gasteiger partial charge is 0.359 e. The largest absolute Gasteiger partial charge is 0.435 e. The molecule has 1 unspecified atom stereocenters. The number of amides is 1. The van der Waals surface area contributed by atoms with E-state index in [1.807, 2.05) is 6.92 Å².